The topological polar surface area (TPSA) is 24.9 Å². The molecule has 0 aliphatic carbocycles. The van der Waals surface area contributed by atoms with Crippen LogP contribution in [-0.2, 0) is 5.75 Å². The van der Waals surface area contributed by atoms with E-state index >= 15 is 0 Å². The van der Waals surface area contributed by atoms with Gasteiger partial charge in [-0.2, -0.15) is 0 Å². The molecule has 1 N–H and O–H groups in total. The first kappa shape index (κ1) is 11.9. The van der Waals surface area contributed by atoms with Gasteiger partial charge in [-0.25, -0.2) is 9.37 Å². The van der Waals surface area contributed by atoms with Crippen LogP contribution in [0.3, 0.4) is 0 Å². The molecule has 1 aromatic carbocycles. The molecule has 1 aromatic heterocycles. The molecular formula is C13H13FN2S. The predicted molar refractivity (Wildman–Crippen MR) is 69.7 cm³/mol. The summed E-state index contributed by atoms with van der Waals surface area (Å²) in [5, 5.41) is 3.04. The van der Waals surface area contributed by atoms with Crippen LogP contribution in [0.1, 0.15) is 5.56 Å². The molecule has 2 nitrogen and oxygen atoms in total. The summed E-state index contributed by atoms with van der Waals surface area (Å²) in [6.45, 7) is 0. The van der Waals surface area contributed by atoms with Crippen molar-refractivity contribution in [1.82, 2.24) is 4.98 Å². The van der Waals surface area contributed by atoms with Gasteiger partial charge in [-0.1, -0.05) is 12.1 Å². The molecule has 0 saturated heterocycles. The highest BCUT2D eigenvalue weighted by molar-refractivity contribution is 7.98. The molecule has 0 amide bonds. The Bertz CT molecular complexity index is 502. The van der Waals surface area contributed by atoms with E-state index in [2.05, 4.69) is 10.3 Å². The lowest BCUT2D eigenvalue weighted by atomic mass is 10.3. The van der Waals surface area contributed by atoms with Gasteiger partial charge >= 0.3 is 0 Å². The first-order chi connectivity index (χ1) is 8.29. The number of aromatic nitrogens is 1. The first-order valence-electron chi connectivity index (χ1n) is 5.29. The number of rotatable bonds is 4. The van der Waals surface area contributed by atoms with Crippen LogP contribution in [0.25, 0.3) is 0 Å². The second-order valence-electron chi connectivity index (χ2n) is 3.51. The highest BCUT2D eigenvalue weighted by Crippen LogP contribution is 2.25. The SMILES string of the molecule is CNc1ncccc1CSc1cccc(F)c1. The lowest BCUT2D eigenvalue weighted by molar-refractivity contribution is 0.624. The van der Waals surface area contributed by atoms with Crippen molar-refractivity contribution in [2.75, 3.05) is 12.4 Å². The van der Waals surface area contributed by atoms with E-state index in [0.29, 0.717) is 0 Å². The number of hydrogen-bond acceptors (Lipinski definition) is 3. The number of pyridine rings is 1. The van der Waals surface area contributed by atoms with Crippen molar-refractivity contribution in [1.29, 1.82) is 0 Å². The Labute approximate surface area is 104 Å². The summed E-state index contributed by atoms with van der Waals surface area (Å²) in [7, 11) is 1.85. The van der Waals surface area contributed by atoms with E-state index in [4.69, 9.17) is 0 Å². The standard InChI is InChI=1S/C13H13FN2S/c1-15-13-10(4-3-7-16-13)9-17-12-6-2-5-11(14)8-12/h2-8H,9H2,1H3,(H,15,16). The maximum absolute atomic E-state index is 13.0. The van der Waals surface area contributed by atoms with Crippen LogP contribution in [0.15, 0.2) is 47.5 Å². The Kier molecular flexibility index (Phi) is 3.98. The minimum atomic E-state index is -0.199. The maximum atomic E-state index is 13.0. The van der Waals surface area contributed by atoms with Crippen LogP contribution in [-0.4, -0.2) is 12.0 Å². The third-order valence-corrected chi connectivity index (χ3v) is 3.36. The summed E-state index contributed by atoms with van der Waals surface area (Å²) < 4.78 is 13.0. The lowest BCUT2D eigenvalue weighted by Gasteiger charge is -2.07. The van der Waals surface area contributed by atoms with Crippen LogP contribution < -0.4 is 5.32 Å². The normalized spacial score (nSPS) is 10.2. The summed E-state index contributed by atoms with van der Waals surface area (Å²) in [4.78, 5) is 5.16. The monoisotopic (exact) mass is 248 g/mol. The third kappa shape index (κ3) is 3.20. The zero-order valence-electron chi connectivity index (χ0n) is 9.48. The van der Waals surface area contributed by atoms with Gasteiger partial charge in [-0.05, 0) is 24.3 Å². The van der Waals surface area contributed by atoms with Gasteiger partial charge in [-0.3, -0.25) is 0 Å². The minimum Gasteiger partial charge on any atom is -0.373 e. The molecule has 2 aromatic rings. The molecule has 0 aliphatic heterocycles. The summed E-state index contributed by atoms with van der Waals surface area (Å²) >= 11 is 1.60. The highest BCUT2D eigenvalue weighted by atomic mass is 32.2. The molecule has 2 rings (SSSR count). The molecular weight excluding hydrogens is 235 g/mol. The quantitative estimate of drug-likeness (QED) is 0.837. The number of hydrogen-bond donors (Lipinski definition) is 1. The number of thioether (sulfide) groups is 1. The molecule has 0 bridgehead atoms. The van der Waals surface area contributed by atoms with Crippen molar-refractivity contribution < 1.29 is 4.39 Å². The van der Waals surface area contributed by atoms with Crippen molar-refractivity contribution in [3.63, 3.8) is 0 Å². The van der Waals surface area contributed by atoms with Crippen molar-refractivity contribution in [2.24, 2.45) is 0 Å². The van der Waals surface area contributed by atoms with E-state index in [1.807, 2.05) is 25.2 Å². The Morgan fingerprint density at radius 2 is 2.18 bits per heavy atom. The van der Waals surface area contributed by atoms with Crippen LogP contribution in [0.2, 0.25) is 0 Å². The van der Waals surface area contributed by atoms with E-state index in [0.717, 1.165) is 22.0 Å². The van der Waals surface area contributed by atoms with E-state index < -0.39 is 0 Å². The fourth-order valence-corrected chi connectivity index (χ4v) is 2.42. The van der Waals surface area contributed by atoms with E-state index in [9.17, 15) is 4.39 Å². The molecule has 0 fully saturated rings. The second-order valence-corrected chi connectivity index (χ2v) is 4.56. The average Bonchev–Trinajstić information content (AvgIpc) is 2.37. The molecule has 0 unspecified atom stereocenters. The highest BCUT2D eigenvalue weighted by Gasteiger charge is 2.02. The number of benzene rings is 1. The Morgan fingerprint density at radius 3 is 2.94 bits per heavy atom. The van der Waals surface area contributed by atoms with Gasteiger partial charge in [0.25, 0.3) is 0 Å². The fraction of sp³-hybridized carbons (Fsp3) is 0.154. The maximum Gasteiger partial charge on any atom is 0.129 e. The zero-order valence-corrected chi connectivity index (χ0v) is 10.3. The van der Waals surface area contributed by atoms with E-state index in [1.54, 1.807) is 30.1 Å². The van der Waals surface area contributed by atoms with Gasteiger partial charge in [0.2, 0.25) is 0 Å². The van der Waals surface area contributed by atoms with Gasteiger partial charge in [0.05, 0.1) is 0 Å². The van der Waals surface area contributed by atoms with E-state index in [-0.39, 0.29) is 5.82 Å². The smallest absolute Gasteiger partial charge is 0.129 e. The van der Waals surface area contributed by atoms with Crippen LogP contribution >= 0.6 is 11.8 Å². The molecule has 0 saturated carbocycles. The molecule has 0 spiro atoms. The molecule has 88 valence electrons. The summed E-state index contributed by atoms with van der Waals surface area (Å²) in [5.41, 5.74) is 1.12. The number of nitrogens with zero attached hydrogens (tertiary/aromatic N) is 1. The molecule has 0 radical (unpaired) electrons. The second kappa shape index (κ2) is 5.68. The zero-order chi connectivity index (χ0) is 12.1. The van der Waals surface area contributed by atoms with Gasteiger partial charge in [0.15, 0.2) is 0 Å². The van der Waals surface area contributed by atoms with Crippen LogP contribution in [0.5, 0.6) is 0 Å². The lowest BCUT2D eigenvalue weighted by Crippen LogP contribution is -1.96. The fourth-order valence-electron chi connectivity index (χ4n) is 1.50. The van der Waals surface area contributed by atoms with Crippen molar-refractivity contribution in [3.05, 3.63) is 54.0 Å². The van der Waals surface area contributed by atoms with Crippen molar-refractivity contribution >= 4 is 17.6 Å². The van der Waals surface area contributed by atoms with Crippen molar-refractivity contribution in [2.45, 2.75) is 10.6 Å². The van der Waals surface area contributed by atoms with Gasteiger partial charge in [-0.15, -0.1) is 11.8 Å². The Morgan fingerprint density at radius 1 is 1.29 bits per heavy atom. The number of anilines is 1. The van der Waals surface area contributed by atoms with Gasteiger partial charge in [0, 0.05) is 29.5 Å². The van der Waals surface area contributed by atoms with Crippen LogP contribution in [0.4, 0.5) is 10.2 Å². The third-order valence-electron chi connectivity index (χ3n) is 2.32. The Hall–Kier alpha value is -1.55. The van der Waals surface area contributed by atoms with Crippen LogP contribution in [0, 0.1) is 5.82 Å². The Balaban J connectivity index is 2.07. The first-order valence-corrected chi connectivity index (χ1v) is 6.28. The predicted octanol–water partition coefficient (Wildman–Crippen LogP) is 3.55. The largest absolute Gasteiger partial charge is 0.373 e. The average molecular weight is 248 g/mol. The number of halogens is 1. The van der Waals surface area contributed by atoms with Gasteiger partial charge in [0.1, 0.15) is 11.6 Å². The van der Waals surface area contributed by atoms with E-state index in [1.165, 1.54) is 6.07 Å². The van der Waals surface area contributed by atoms with Gasteiger partial charge < -0.3 is 5.32 Å². The number of nitrogens with one attached hydrogen (secondary N) is 1. The molecule has 0 aliphatic rings. The summed E-state index contributed by atoms with van der Waals surface area (Å²) in [6, 6.07) is 10.5. The molecule has 17 heavy (non-hydrogen) atoms. The van der Waals surface area contributed by atoms with Crippen molar-refractivity contribution in [3.8, 4) is 0 Å². The summed E-state index contributed by atoms with van der Waals surface area (Å²) in [6.07, 6.45) is 1.75. The molecule has 4 heteroatoms. The summed E-state index contributed by atoms with van der Waals surface area (Å²) in [5.74, 6) is 1.44. The molecule has 0 atom stereocenters. The molecule has 1 heterocycles. The minimum absolute atomic E-state index is 0.199.